The minimum absolute atomic E-state index is 0.216. The van der Waals surface area contributed by atoms with E-state index < -0.39 is 0 Å². The van der Waals surface area contributed by atoms with Gasteiger partial charge >= 0.3 is 0 Å². The lowest BCUT2D eigenvalue weighted by atomic mass is 10.1. The van der Waals surface area contributed by atoms with Gasteiger partial charge in [-0.3, -0.25) is 19.4 Å². The first kappa shape index (κ1) is 19.1. The average molecular weight is 407 g/mol. The summed E-state index contributed by atoms with van der Waals surface area (Å²) < 4.78 is 7.93. The van der Waals surface area contributed by atoms with Crippen LogP contribution >= 0.6 is 11.3 Å². The van der Waals surface area contributed by atoms with E-state index in [9.17, 15) is 4.79 Å². The number of fused-ring (bicyclic) bond motifs is 1. The second kappa shape index (κ2) is 7.63. The Morgan fingerprint density at radius 1 is 1.31 bits per heavy atom. The molecule has 8 heteroatoms. The molecule has 0 saturated carbocycles. The van der Waals surface area contributed by atoms with Crippen LogP contribution in [0.15, 0.2) is 42.9 Å². The number of benzene rings is 1. The number of hydrogen-bond donors (Lipinski definition) is 0. The quantitative estimate of drug-likeness (QED) is 0.502. The number of hydrogen-bond acceptors (Lipinski definition) is 6. The Morgan fingerprint density at radius 3 is 2.86 bits per heavy atom. The molecule has 3 heterocycles. The van der Waals surface area contributed by atoms with Gasteiger partial charge in [-0.1, -0.05) is 23.5 Å². The molecule has 0 N–H and O–H groups in total. The highest BCUT2D eigenvalue weighted by Gasteiger charge is 2.26. The molecule has 0 aliphatic carbocycles. The molecule has 1 amide bonds. The van der Waals surface area contributed by atoms with Crippen molar-refractivity contribution in [1.82, 2.24) is 19.7 Å². The summed E-state index contributed by atoms with van der Waals surface area (Å²) in [6.07, 6.45) is 5.13. The van der Waals surface area contributed by atoms with Crippen molar-refractivity contribution < 1.29 is 9.53 Å². The zero-order valence-electron chi connectivity index (χ0n) is 16.7. The smallest absolute Gasteiger partial charge is 0.267 e. The normalized spacial score (nSPS) is 11.0. The Hall–Kier alpha value is -3.26. The number of nitrogens with zero attached hydrogens (tertiary/aromatic N) is 5. The van der Waals surface area contributed by atoms with E-state index in [0.29, 0.717) is 23.1 Å². The van der Waals surface area contributed by atoms with Gasteiger partial charge in [-0.25, -0.2) is 4.98 Å². The molecular formula is C21H21N5O2S. The number of ether oxygens (including phenoxy) is 1. The number of aromatic nitrogens is 4. The van der Waals surface area contributed by atoms with Gasteiger partial charge in [0.05, 0.1) is 23.9 Å². The molecule has 0 radical (unpaired) electrons. The third kappa shape index (κ3) is 3.71. The van der Waals surface area contributed by atoms with Crippen molar-refractivity contribution in [2.75, 3.05) is 12.0 Å². The molecule has 0 saturated heterocycles. The van der Waals surface area contributed by atoms with Crippen LogP contribution < -0.4 is 9.64 Å². The van der Waals surface area contributed by atoms with Gasteiger partial charge in [0.25, 0.3) is 5.91 Å². The Labute approximate surface area is 172 Å². The second-order valence-electron chi connectivity index (χ2n) is 6.90. The van der Waals surface area contributed by atoms with Crippen LogP contribution in [-0.4, -0.2) is 32.8 Å². The lowest BCUT2D eigenvalue weighted by molar-refractivity contribution is 0.0982. The van der Waals surface area contributed by atoms with Gasteiger partial charge in [-0.05, 0) is 42.7 Å². The number of rotatable bonds is 5. The molecule has 0 bridgehead atoms. The number of carbonyl (C=O) groups excluding carboxylic acids is 1. The van der Waals surface area contributed by atoms with Crippen molar-refractivity contribution in [2.45, 2.75) is 20.4 Å². The molecule has 1 aromatic carbocycles. The highest BCUT2D eigenvalue weighted by molar-refractivity contribution is 7.22. The Bertz CT molecular complexity index is 1180. The number of methoxy groups -OCH3 is 1. The predicted octanol–water partition coefficient (Wildman–Crippen LogP) is 3.90. The fourth-order valence-corrected chi connectivity index (χ4v) is 4.43. The number of thiazole rings is 1. The highest BCUT2D eigenvalue weighted by Crippen LogP contribution is 2.34. The monoisotopic (exact) mass is 407 g/mol. The zero-order chi connectivity index (χ0) is 20.5. The minimum Gasteiger partial charge on any atom is -0.479 e. The highest BCUT2D eigenvalue weighted by atomic mass is 32.1. The van der Waals surface area contributed by atoms with Crippen LogP contribution in [0.4, 0.5) is 5.13 Å². The molecule has 148 valence electrons. The van der Waals surface area contributed by atoms with E-state index in [0.717, 1.165) is 21.3 Å². The molecule has 0 spiro atoms. The van der Waals surface area contributed by atoms with Crippen LogP contribution in [0.2, 0.25) is 0 Å². The van der Waals surface area contributed by atoms with Crippen LogP contribution in [-0.2, 0) is 13.6 Å². The van der Waals surface area contributed by atoms with Crippen molar-refractivity contribution in [3.63, 3.8) is 0 Å². The van der Waals surface area contributed by atoms with Crippen molar-refractivity contribution in [1.29, 1.82) is 0 Å². The van der Waals surface area contributed by atoms with Crippen LogP contribution in [0.5, 0.6) is 5.88 Å². The first-order valence-corrected chi connectivity index (χ1v) is 9.94. The topological polar surface area (TPSA) is 73.1 Å². The first-order chi connectivity index (χ1) is 14.0. The molecular weight excluding hydrogens is 386 g/mol. The maximum absolute atomic E-state index is 13.5. The summed E-state index contributed by atoms with van der Waals surface area (Å²) >= 11 is 1.50. The second-order valence-corrected chi connectivity index (χ2v) is 7.91. The van der Waals surface area contributed by atoms with E-state index in [-0.39, 0.29) is 5.91 Å². The van der Waals surface area contributed by atoms with E-state index in [1.54, 1.807) is 35.2 Å². The number of anilines is 1. The summed E-state index contributed by atoms with van der Waals surface area (Å²) in [4.78, 5) is 24.1. The Morgan fingerprint density at radius 2 is 2.14 bits per heavy atom. The summed E-state index contributed by atoms with van der Waals surface area (Å²) in [6, 6.07) is 8.00. The fraction of sp³-hybridized carbons (Fsp3) is 0.238. The van der Waals surface area contributed by atoms with E-state index in [2.05, 4.69) is 29.1 Å². The van der Waals surface area contributed by atoms with Crippen molar-refractivity contribution in [2.24, 2.45) is 7.05 Å². The molecule has 0 atom stereocenters. The minimum atomic E-state index is -0.216. The van der Waals surface area contributed by atoms with E-state index in [1.165, 1.54) is 24.0 Å². The standard InChI is InChI=1S/C21H21N5O2S/c1-13-8-14(2)18-17(9-13)29-21(23-18)26(11-15-6-5-7-22-10-15)20(27)16-12-25(3)24-19(16)28-4/h5-10,12H,11H2,1-4H3. The molecule has 4 aromatic rings. The maximum atomic E-state index is 13.5. The largest absolute Gasteiger partial charge is 0.479 e. The van der Waals surface area contributed by atoms with Gasteiger partial charge in [0.15, 0.2) is 5.13 Å². The summed E-state index contributed by atoms with van der Waals surface area (Å²) in [6.45, 7) is 4.45. The predicted molar refractivity (Wildman–Crippen MR) is 114 cm³/mol. The summed E-state index contributed by atoms with van der Waals surface area (Å²) in [7, 11) is 3.27. The molecule has 0 fully saturated rings. The average Bonchev–Trinajstić information content (AvgIpc) is 3.29. The van der Waals surface area contributed by atoms with Crippen molar-refractivity contribution in [3.8, 4) is 5.88 Å². The number of carbonyl (C=O) groups is 1. The first-order valence-electron chi connectivity index (χ1n) is 9.12. The number of pyridine rings is 1. The van der Waals surface area contributed by atoms with Gasteiger partial charge in [0.1, 0.15) is 5.56 Å². The molecule has 4 rings (SSSR count). The van der Waals surface area contributed by atoms with Gasteiger partial charge in [-0.15, -0.1) is 5.10 Å². The SMILES string of the molecule is COc1nn(C)cc1C(=O)N(Cc1cccnc1)c1nc2c(C)cc(C)cc2s1. The zero-order valence-corrected chi connectivity index (χ0v) is 17.5. The number of amides is 1. The molecule has 0 aliphatic rings. The van der Waals surface area contributed by atoms with Crippen LogP contribution in [0.25, 0.3) is 10.2 Å². The molecule has 0 unspecified atom stereocenters. The lowest BCUT2D eigenvalue weighted by Gasteiger charge is -2.19. The molecule has 0 aliphatic heterocycles. The Balaban J connectivity index is 1.82. The van der Waals surface area contributed by atoms with E-state index in [1.807, 2.05) is 19.1 Å². The van der Waals surface area contributed by atoms with Crippen molar-refractivity contribution >= 4 is 32.6 Å². The fourth-order valence-electron chi connectivity index (χ4n) is 3.29. The summed E-state index contributed by atoms with van der Waals surface area (Å²) in [5, 5.41) is 4.85. The summed E-state index contributed by atoms with van der Waals surface area (Å²) in [5.41, 5.74) is 4.49. The van der Waals surface area contributed by atoms with Gasteiger partial charge in [0.2, 0.25) is 5.88 Å². The third-order valence-corrected chi connectivity index (χ3v) is 5.60. The van der Waals surface area contributed by atoms with Crippen molar-refractivity contribution in [3.05, 3.63) is 65.1 Å². The van der Waals surface area contributed by atoms with E-state index in [4.69, 9.17) is 9.72 Å². The van der Waals surface area contributed by atoms with Crippen LogP contribution in [0.3, 0.4) is 0 Å². The van der Waals surface area contributed by atoms with E-state index >= 15 is 0 Å². The van der Waals surface area contributed by atoms with Gasteiger partial charge in [0, 0.05) is 25.6 Å². The lowest BCUT2D eigenvalue weighted by Crippen LogP contribution is -2.30. The van der Waals surface area contributed by atoms with Gasteiger partial charge < -0.3 is 4.74 Å². The van der Waals surface area contributed by atoms with Crippen LogP contribution in [0.1, 0.15) is 27.0 Å². The maximum Gasteiger partial charge on any atom is 0.267 e. The van der Waals surface area contributed by atoms with Gasteiger partial charge in [-0.2, -0.15) is 0 Å². The third-order valence-electron chi connectivity index (χ3n) is 4.58. The molecule has 3 aromatic heterocycles. The molecule has 29 heavy (non-hydrogen) atoms. The number of aryl methyl sites for hydroxylation is 3. The Kier molecular flexibility index (Phi) is 5.02. The summed E-state index contributed by atoms with van der Waals surface area (Å²) in [5.74, 6) is 0.0778. The van der Waals surface area contributed by atoms with Crippen LogP contribution in [0, 0.1) is 13.8 Å². The molecule has 7 nitrogen and oxygen atoms in total.